The van der Waals surface area contributed by atoms with Crippen molar-refractivity contribution in [2.75, 3.05) is 13.1 Å². The van der Waals surface area contributed by atoms with Crippen LogP contribution in [-0.4, -0.2) is 33.0 Å². The third-order valence-corrected chi connectivity index (χ3v) is 7.02. The fraction of sp³-hybridized carbons (Fsp3) is 0.455. The highest BCUT2D eigenvalue weighted by molar-refractivity contribution is 5.82. The molecule has 3 aliphatic rings. The van der Waals surface area contributed by atoms with E-state index in [0.29, 0.717) is 17.4 Å². The molecule has 0 radical (unpaired) electrons. The van der Waals surface area contributed by atoms with Gasteiger partial charge >= 0.3 is 0 Å². The summed E-state index contributed by atoms with van der Waals surface area (Å²) in [4.78, 5) is 0. The molecular weight excluding hydrogens is 336 g/mol. The number of benzene rings is 1. The SMILES string of the molecule is Oc1ccccc1-c1cc2c(cc(C3CC4(CNC4)C3)n2C2CCC2)nn1. The number of aromatic nitrogens is 3. The lowest BCUT2D eigenvalue weighted by molar-refractivity contribution is 0.0324. The second kappa shape index (κ2) is 5.55. The van der Waals surface area contributed by atoms with E-state index in [0.717, 1.165) is 16.8 Å². The van der Waals surface area contributed by atoms with Crippen LogP contribution in [0.15, 0.2) is 36.4 Å². The van der Waals surface area contributed by atoms with E-state index < -0.39 is 0 Å². The summed E-state index contributed by atoms with van der Waals surface area (Å²) in [6, 6.07) is 12.4. The number of rotatable bonds is 3. The Hall–Kier alpha value is -2.40. The maximum Gasteiger partial charge on any atom is 0.125 e. The van der Waals surface area contributed by atoms with Gasteiger partial charge in [-0.1, -0.05) is 12.1 Å². The van der Waals surface area contributed by atoms with Gasteiger partial charge in [0.15, 0.2) is 0 Å². The minimum atomic E-state index is 0.256. The fourth-order valence-corrected chi connectivity index (χ4v) is 5.19. The summed E-state index contributed by atoms with van der Waals surface area (Å²) in [6.45, 7) is 2.37. The summed E-state index contributed by atoms with van der Waals surface area (Å²) in [5, 5.41) is 22.6. The van der Waals surface area contributed by atoms with Crippen LogP contribution in [0.4, 0.5) is 0 Å². The van der Waals surface area contributed by atoms with E-state index in [9.17, 15) is 5.11 Å². The number of phenolic OH excluding ortho intramolecular Hbond substituents is 1. The van der Waals surface area contributed by atoms with E-state index in [-0.39, 0.29) is 5.75 Å². The molecule has 0 atom stereocenters. The summed E-state index contributed by atoms with van der Waals surface area (Å²) in [7, 11) is 0. The van der Waals surface area contributed by atoms with Crippen LogP contribution in [0.25, 0.3) is 22.3 Å². The van der Waals surface area contributed by atoms with Crippen LogP contribution < -0.4 is 5.32 Å². The summed E-state index contributed by atoms with van der Waals surface area (Å²) in [5.74, 6) is 0.905. The number of nitrogens with one attached hydrogen (secondary N) is 1. The highest BCUT2D eigenvalue weighted by atomic mass is 16.3. The quantitative estimate of drug-likeness (QED) is 0.741. The van der Waals surface area contributed by atoms with Gasteiger partial charge in [0.2, 0.25) is 0 Å². The van der Waals surface area contributed by atoms with Gasteiger partial charge in [0, 0.05) is 36.3 Å². The lowest BCUT2D eigenvalue weighted by Crippen LogP contribution is -2.59. The summed E-state index contributed by atoms with van der Waals surface area (Å²) in [6.07, 6.45) is 6.41. The largest absolute Gasteiger partial charge is 0.507 e. The molecule has 0 amide bonds. The number of para-hydroxylation sites is 1. The molecule has 138 valence electrons. The van der Waals surface area contributed by atoms with Crippen LogP contribution in [0.5, 0.6) is 5.75 Å². The average Bonchev–Trinajstić information content (AvgIpc) is 2.90. The Labute approximate surface area is 158 Å². The molecule has 3 aromatic rings. The highest BCUT2D eigenvalue weighted by Gasteiger charge is 2.50. The molecule has 1 aromatic carbocycles. The van der Waals surface area contributed by atoms with Gasteiger partial charge in [-0.3, -0.25) is 0 Å². The molecule has 2 aliphatic carbocycles. The monoisotopic (exact) mass is 360 g/mol. The van der Waals surface area contributed by atoms with Crippen molar-refractivity contribution in [2.24, 2.45) is 5.41 Å². The van der Waals surface area contributed by atoms with Gasteiger partial charge in [0.25, 0.3) is 0 Å². The molecule has 1 saturated heterocycles. The second-order valence-corrected chi connectivity index (χ2v) is 8.75. The lowest BCUT2D eigenvalue weighted by Gasteiger charge is -2.55. The van der Waals surface area contributed by atoms with Gasteiger partial charge in [-0.25, -0.2) is 0 Å². The molecule has 5 nitrogen and oxygen atoms in total. The Morgan fingerprint density at radius 2 is 1.89 bits per heavy atom. The van der Waals surface area contributed by atoms with Crippen LogP contribution >= 0.6 is 0 Å². The Morgan fingerprint density at radius 1 is 1.07 bits per heavy atom. The molecule has 1 spiro atoms. The van der Waals surface area contributed by atoms with Crippen LogP contribution in [0.2, 0.25) is 0 Å². The normalized spacial score (nSPS) is 21.8. The molecule has 0 bridgehead atoms. The van der Waals surface area contributed by atoms with Gasteiger partial charge in [-0.05, 0) is 61.8 Å². The zero-order chi connectivity index (χ0) is 18.0. The first-order valence-electron chi connectivity index (χ1n) is 10.1. The molecule has 3 fully saturated rings. The first-order valence-corrected chi connectivity index (χ1v) is 10.1. The van der Waals surface area contributed by atoms with E-state index in [1.165, 1.54) is 56.4 Å². The molecule has 2 aromatic heterocycles. The van der Waals surface area contributed by atoms with Crippen molar-refractivity contribution < 1.29 is 5.11 Å². The first-order chi connectivity index (χ1) is 13.2. The van der Waals surface area contributed by atoms with Crippen LogP contribution in [0.3, 0.4) is 0 Å². The maximum atomic E-state index is 10.2. The van der Waals surface area contributed by atoms with Gasteiger partial charge in [0.1, 0.15) is 11.3 Å². The molecule has 2 N–H and O–H groups in total. The Balaban J connectivity index is 1.45. The van der Waals surface area contributed by atoms with Crippen LogP contribution in [-0.2, 0) is 0 Å². The van der Waals surface area contributed by atoms with Crippen molar-refractivity contribution >= 4 is 11.0 Å². The van der Waals surface area contributed by atoms with Crippen molar-refractivity contribution in [1.29, 1.82) is 0 Å². The Kier molecular flexibility index (Phi) is 3.21. The molecule has 0 unspecified atom stereocenters. The number of aromatic hydroxyl groups is 1. The van der Waals surface area contributed by atoms with Crippen LogP contribution in [0.1, 0.15) is 49.8 Å². The molecule has 27 heavy (non-hydrogen) atoms. The van der Waals surface area contributed by atoms with Gasteiger partial charge in [0.05, 0.1) is 11.2 Å². The third-order valence-electron chi connectivity index (χ3n) is 7.02. The number of nitrogens with zero attached hydrogens (tertiary/aromatic N) is 3. The second-order valence-electron chi connectivity index (χ2n) is 8.75. The van der Waals surface area contributed by atoms with Crippen molar-refractivity contribution in [3.63, 3.8) is 0 Å². The topological polar surface area (TPSA) is 63.0 Å². The number of fused-ring (bicyclic) bond motifs is 1. The molecule has 5 heteroatoms. The predicted molar refractivity (Wildman–Crippen MR) is 105 cm³/mol. The Bertz CT molecular complexity index is 1020. The highest BCUT2D eigenvalue weighted by Crippen LogP contribution is 2.55. The first kappa shape index (κ1) is 15.6. The van der Waals surface area contributed by atoms with E-state index in [2.05, 4.69) is 32.2 Å². The zero-order valence-electron chi connectivity index (χ0n) is 15.4. The number of hydrogen-bond donors (Lipinski definition) is 2. The molecule has 2 saturated carbocycles. The van der Waals surface area contributed by atoms with Gasteiger partial charge < -0.3 is 15.0 Å². The number of phenols is 1. The smallest absolute Gasteiger partial charge is 0.125 e. The average molecular weight is 360 g/mol. The lowest BCUT2D eigenvalue weighted by atomic mass is 9.57. The predicted octanol–water partition coefficient (Wildman–Crippen LogP) is 4.00. The zero-order valence-corrected chi connectivity index (χ0v) is 15.4. The van der Waals surface area contributed by atoms with E-state index >= 15 is 0 Å². The van der Waals surface area contributed by atoms with E-state index in [1.54, 1.807) is 6.07 Å². The third kappa shape index (κ3) is 2.27. The standard InChI is InChI=1S/C22H24N4O/c27-21-7-2-1-6-16(21)17-8-20-18(25-24-17)9-19(26(20)15-4-3-5-15)14-10-22(11-14)12-23-13-22/h1-2,6-9,14-15,23,27H,3-5,10-13H2. The maximum absolute atomic E-state index is 10.2. The fourth-order valence-electron chi connectivity index (χ4n) is 5.19. The molecule has 3 heterocycles. The number of hydrogen-bond acceptors (Lipinski definition) is 4. The molecule has 6 rings (SSSR count). The van der Waals surface area contributed by atoms with Crippen LogP contribution in [0, 0.1) is 5.41 Å². The Morgan fingerprint density at radius 3 is 2.56 bits per heavy atom. The van der Waals surface area contributed by atoms with Crippen molar-refractivity contribution in [1.82, 2.24) is 20.1 Å². The summed E-state index contributed by atoms with van der Waals surface area (Å²) >= 11 is 0. The van der Waals surface area contributed by atoms with Crippen molar-refractivity contribution in [3.05, 3.63) is 42.1 Å². The van der Waals surface area contributed by atoms with Crippen molar-refractivity contribution in [2.45, 2.75) is 44.1 Å². The van der Waals surface area contributed by atoms with Gasteiger partial charge in [-0.2, -0.15) is 0 Å². The summed E-state index contributed by atoms with van der Waals surface area (Å²) in [5.41, 5.74) is 5.69. The van der Waals surface area contributed by atoms with E-state index in [1.807, 2.05) is 18.2 Å². The minimum Gasteiger partial charge on any atom is -0.507 e. The minimum absolute atomic E-state index is 0.256. The van der Waals surface area contributed by atoms with Crippen molar-refractivity contribution in [3.8, 4) is 17.0 Å². The summed E-state index contributed by atoms with van der Waals surface area (Å²) < 4.78 is 2.56. The molecule has 1 aliphatic heterocycles. The molecular formula is C22H24N4O. The van der Waals surface area contributed by atoms with E-state index in [4.69, 9.17) is 0 Å². The van der Waals surface area contributed by atoms with Gasteiger partial charge in [-0.15, -0.1) is 10.2 Å².